The molecule has 0 aliphatic carbocycles. The number of hydrogen-bond donors (Lipinski definition) is 2. The fourth-order valence-corrected chi connectivity index (χ4v) is 3.27. The van der Waals surface area contributed by atoms with E-state index >= 15 is 0 Å². The molecule has 0 saturated heterocycles. The number of thioether (sulfide) groups is 1. The minimum Gasteiger partial charge on any atom is -0.506 e. The van der Waals surface area contributed by atoms with Gasteiger partial charge in [-0.2, -0.15) is 0 Å². The molecule has 0 radical (unpaired) electrons. The van der Waals surface area contributed by atoms with Crippen molar-refractivity contribution in [3.8, 4) is 5.75 Å². The summed E-state index contributed by atoms with van der Waals surface area (Å²) in [6.45, 7) is 3.38. The van der Waals surface area contributed by atoms with E-state index in [1.165, 1.54) is 43.1 Å². The number of aromatic hydroxyl groups is 1. The van der Waals surface area contributed by atoms with Crippen molar-refractivity contribution in [1.29, 1.82) is 0 Å². The van der Waals surface area contributed by atoms with Crippen molar-refractivity contribution in [2.45, 2.75) is 23.9 Å². The van der Waals surface area contributed by atoms with Crippen LogP contribution in [0.1, 0.15) is 24.2 Å². The van der Waals surface area contributed by atoms with Crippen molar-refractivity contribution in [3.63, 3.8) is 0 Å². The van der Waals surface area contributed by atoms with Crippen molar-refractivity contribution in [2.75, 3.05) is 23.9 Å². The van der Waals surface area contributed by atoms with Gasteiger partial charge in [-0.1, -0.05) is 18.7 Å². The number of rotatable bonds is 7. The molecule has 1 aromatic carbocycles. The Labute approximate surface area is 168 Å². The third-order valence-electron chi connectivity index (χ3n) is 3.40. The zero-order valence-corrected chi connectivity index (χ0v) is 17.4. The quantitative estimate of drug-likeness (QED) is 0.294. The van der Waals surface area contributed by atoms with E-state index in [4.69, 9.17) is 4.74 Å². The van der Waals surface area contributed by atoms with Gasteiger partial charge in [0.15, 0.2) is 15.0 Å². The van der Waals surface area contributed by atoms with E-state index < -0.39 is 15.8 Å². The van der Waals surface area contributed by atoms with E-state index in [1.807, 2.05) is 0 Å². The number of benzene rings is 1. The van der Waals surface area contributed by atoms with Crippen molar-refractivity contribution in [2.24, 2.45) is 0 Å². The normalized spacial score (nSPS) is 10.8. The van der Waals surface area contributed by atoms with Crippen LogP contribution in [0.3, 0.4) is 0 Å². The summed E-state index contributed by atoms with van der Waals surface area (Å²) in [4.78, 5) is 20.4. The third kappa shape index (κ3) is 5.47. The number of hydrogen-bond acceptors (Lipinski definition) is 9. The van der Waals surface area contributed by atoms with Gasteiger partial charge in [0.05, 0.1) is 22.9 Å². The molecule has 8 nitrogen and oxygen atoms in total. The highest BCUT2D eigenvalue weighted by Crippen LogP contribution is 2.31. The van der Waals surface area contributed by atoms with E-state index in [0.29, 0.717) is 5.16 Å². The van der Waals surface area contributed by atoms with Crippen molar-refractivity contribution in [1.82, 2.24) is 9.97 Å². The number of nitrogens with one attached hydrogen (secondary N) is 1. The second-order valence-electron chi connectivity index (χ2n) is 5.05. The topological polar surface area (TPSA) is 118 Å². The number of phenolic OH excluding ortho intramolecular Hbond substituents is 1. The number of phenols is 1. The number of carbonyl (C=O) groups is 1. The van der Waals surface area contributed by atoms with Gasteiger partial charge in [-0.3, -0.25) is 0 Å². The highest BCUT2D eigenvalue weighted by atomic mass is 35.5. The molecule has 2 rings (SSSR count). The third-order valence-corrected chi connectivity index (χ3v) is 5.70. The number of esters is 1. The lowest BCUT2D eigenvalue weighted by molar-refractivity contribution is 0.0526. The average molecular weight is 434 g/mol. The van der Waals surface area contributed by atoms with Gasteiger partial charge >= 0.3 is 5.97 Å². The second kappa shape index (κ2) is 9.77. The van der Waals surface area contributed by atoms with Gasteiger partial charge in [0.1, 0.15) is 17.1 Å². The van der Waals surface area contributed by atoms with E-state index in [0.717, 1.165) is 0 Å². The smallest absolute Gasteiger partial charge is 0.343 e. The largest absolute Gasteiger partial charge is 0.506 e. The van der Waals surface area contributed by atoms with Crippen LogP contribution in [0.4, 0.5) is 11.5 Å². The van der Waals surface area contributed by atoms with Crippen LogP contribution in [0.5, 0.6) is 5.75 Å². The Hall–Kier alpha value is -2.04. The number of ether oxygens (including phenoxy) is 1. The monoisotopic (exact) mass is 433 g/mol. The summed E-state index contributed by atoms with van der Waals surface area (Å²) in [5, 5.41) is 13.3. The maximum absolute atomic E-state index is 12.1. The summed E-state index contributed by atoms with van der Waals surface area (Å²) >= 11 is 1.27. The lowest BCUT2D eigenvalue weighted by Gasteiger charge is -2.13. The number of carbonyl (C=O) groups excluding carboxylic acids is 1. The Bertz CT molecular complexity index is 922. The summed E-state index contributed by atoms with van der Waals surface area (Å²) in [5.74, 6) is -0.766. The molecule has 0 amide bonds. The van der Waals surface area contributed by atoms with Gasteiger partial charge < -0.3 is 15.2 Å². The fraction of sp³-hybridized carbons (Fsp3) is 0.312. The van der Waals surface area contributed by atoms with Crippen LogP contribution in [0.2, 0.25) is 0 Å². The van der Waals surface area contributed by atoms with E-state index in [-0.39, 0.29) is 52.5 Å². The molecule has 0 saturated carbocycles. The molecule has 2 aromatic rings. The van der Waals surface area contributed by atoms with Crippen LogP contribution in [0, 0.1) is 0 Å². The summed E-state index contributed by atoms with van der Waals surface area (Å²) < 4.78 is 29.1. The molecular formula is C16H20ClN3O5S2. The number of nitrogens with zero attached hydrogens (tertiary/aromatic N) is 2. The highest BCUT2D eigenvalue weighted by molar-refractivity contribution is 7.98. The first-order valence-corrected chi connectivity index (χ1v) is 10.6. The minimum atomic E-state index is -3.46. The molecular weight excluding hydrogens is 414 g/mol. The average Bonchev–Trinajstić information content (AvgIpc) is 2.63. The summed E-state index contributed by atoms with van der Waals surface area (Å²) in [5.41, 5.74) is 0.184. The first-order valence-electron chi connectivity index (χ1n) is 7.73. The lowest BCUT2D eigenvalue weighted by Crippen LogP contribution is -2.11. The molecule has 27 heavy (non-hydrogen) atoms. The van der Waals surface area contributed by atoms with Gasteiger partial charge in [-0.05, 0) is 31.4 Å². The van der Waals surface area contributed by atoms with Gasteiger partial charge in [0.25, 0.3) is 0 Å². The SMILES string of the molecule is CCOC(=O)c1cnc(SC)nc1Nc1cc(S(=O)(=O)CC)ccc1O.Cl. The molecule has 0 spiro atoms. The van der Waals surface area contributed by atoms with Crippen LogP contribution in [0.25, 0.3) is 0 Å². The number of anilines is 2. The molecule has 0 unspecified atom stereocenters. The Morgan fingerprint density at radius 2 is 2.04 bits per heavy atom. The van der Waals surface area contributed by atoms with Crippen molar-refractivity contribution < 1.29 is 23.1 Å². The van der Waals surface area contributed by atoms with E-state index in [1.54, 1.807) is 13.2 Å². The standard InChI is InChI=1S/C16H19N3O5S2.ClH/c1-4-24-15(21)11-9-17-16(25-3)19-14(11)18-12-8-10(6-7-13(12)20)26(22,23)5-2;/h6-9,20H,4-5H2,1-3H3,(H,17,18,19);1H. The molecule has 0 atom stereocenters. The summed E-state index contributed by atoms with van der Waals surface area (Å²) in [6.07, 6.45) is 3.10. The Morgan fingerprint density at radius 3 is 2.63 bits per heavy atom. The summed E-state index contributed by atoms with van der Waals surface area (Å²) in [6, 6.07) is 3.88. The minimum absolute atomic E-state index is 0. The Morgan fingerprint density at radius 1 is 1.33 bits per heavy atom. The number of aromatic nitrogens is 2. The van der Waals surface area contributed by atoms with E-state index in [9.17, 15) is 18.3 Å². The first-order chi connectivity index (χ1) is 12.3. The predicted octanol–water partition coefficient (Wildman–Crippen LogP) is 3.04. The molecule has 0 fully saturated rings. The number of halogens is 1. The van der Waals surface area contributed by atoms with Crippen LogP contribution >= 0.6 is 24.2 Å². The summed E-state index contributed by atoms with van der Waals surface area (Å²) in [7, 11) is -3.46. The first kappa shape index (κ1) is 23.0. The molecule has 0 aliphatic rings. The molecule has 0 bridgehead atoms. The Kier molecular flexibility index (Phi) is 8.32. The van der Waals surface area contributed by atoms with Crippen molar-refractivity contribution in [3.05, 3.63) is 30.0 Å². The Balaban J connectivity index is 0.00000364. The maximum atomic E-state index is 12.1. The maximum Gasteiger partial charge on any atom is 0.343 e. The molecule has 0 aliphatic heterocycles. The zero-order chi connectivity index (χ0) is 19.3. The van der Waals surface area contributed by atoms with Crippen molar-refractivity contribution >= 4 is 51.5 Å². The van der Waals surface area contributed by atoms with Crippen LogP contribution in [0.15, 0.2) is 34.4 Å². The molecule has 148 valence electrons. The number of sulfone groups is 1. The van der Waals surface area contributed by atoms with E-state index in [2.05, 4.69) is 15.3 Å². The van der Waals surface area contributed by atoms with Crippen LogP contribution in [-0.4, -0.2) is 48.1 Å². The molecule has 11 heteroatoms. The van der Waals surface area contributed by atoms with Gasteiger partial charge in [-0.25, -0.2) is 23.2 Å². The van der Waals surface area contributed by atoms with Crippen LogP contribution in [-0.2, 0) is 14.6 Å². The molecule has 1 aromatic heterocycles. The van der Waals surface area contributed by atoms with Gasteiger partial charge in [0, 0.05) is 6.20 Å². The second-order valence-corrected chi connectivity index (χ2v) is 8.10. The fourth-order valence-electron chi connectivity index (χ4n) is 2.02. The van der Waals surface area contributed by atoms with Crippen LogP contribution < -0.4 is 5.32 Å². The lowest BCUT2D eigenvalue weighted by atomic mass is 10.2. The highest BCUT2D eigenvalue weighted by Gasteiger charge is 2.19. The van der Waals surface area contributed by atoms with Gasteiger partial charge in [0.2, 0.25) is 0 Å². The zero-order valence-electron chi connectivity index (χ0n) is 14.9. The molecule has 1 heterocycles. The van der Waals surface area contributed by atoms with Gasteiger partial charge in [-0.15, -0.1) is 12.4 Å². The molecule has 2 N–H and O–H groups in total. The predicted molar refractivity (Wildman–Crippen MR) is 106 cm³/mol.